The van der Waals surface area contributed by atoms with Crippen molar-refractivity contribution in [3.63, 3.8) is 0 Å². The van der Waals surface area contributed by atoms with Crippen LogP contribution in [0, 0.1) is 56.2 Å². The van der Waals surface area contributed by atoms with Crippen LogP contribution in [-0.4, -0.2) is 75.7 Å². The van der Waals surface area contributed by atoms with Crippen LogP contribution < -0.4 is 5.32 Å². The van der Waals surface area contributed by atoms with Gasteiger partial charge in [0, 0.05) is 31.7 Å². The lowest BCUT2D eigenvalue weighted by atomic mass is 9.33. The molecule has 0 spiro atoms. The third-order valence-corrected chi connectivity index (χ3v) is 18.4. The molecule has 0 radical (unpaired) electrons. The molecule has 6 aliphatic rings. The molecule has 5 aliphatic carbocycles. The summed E-state index contributed by atoms with van der Waals surface area (Å²) in [6.07, 6.45) is 13.0. The van der Waals surface area contributed by atoms with Crippen LogP contribution in [0.15, 0.2) is 35.5 Å². The average molecular weight is 722 g/mol. The van der Waals surface area contributed by atoms with Gasteiger partial charge in [0.1, 0.15) is 0 Å². The molecule has 1 aromatic carbocycles. The Hall–Kier alpha value is -2.10. The summed E-state index contributed by atoms with van der Waals surface area (Å²) in [4.78, 5) is 26.6. The maximum atomic E-state index is 12.2. The third-order valence-electron chi connectivity index (χ3n) is 16.8. The molecule has 10 unspecified atom stereocenters. The molecule has 282 valence electrons. The Morgan fingerprint density at radius 2 is 1.65 bits per heavy atom. The predicted molar refractivity (Wildman–Crippen MR) is 204 cm³/mol. The van der Waals surface area contributed by atoms with E-state index in [1.807, 2.05) is 12.1 Å². The highest BCUT2D eigenvalue weighted by Gasteiger charge is 2.70. The Balaban J connectivity index is 1.15. The molecule has 1 N–H and O–H groups in total. The van der Waals surface area contributed by atoms with Crippen molar-refractivity contribution in [3.8, 4) is 0 Å². The fraction of sp³-hybridized carbons (Fsp3) is 0.786. The van der Waals surface area contributed by atoms with Crippen molar-refractivity contribution in [2.45, 2.75) is 111 Å². The normalized spacial score (nSPS) is 41.9. The summed E-state index contributed by atoms with van der Waals surface area (Å²) in [7, 11) is -1.46. The molecule has 7 rings (SSSR count). The minimum Gasteiger partial charge on any atom is -0.465 e. The minimum absolute atomic E-state index is 0.00462. The molecular formula is C42H63N3O5S. The first-order chi connectivity index (χ1) is 24.1. The maximum Gasteiger partial charge on any atom is 0.337 e. The predicted octanol–water partition coefficient (Wildman–Crippen LogP) is 7.78. The molecule has 10 atom stereocenters. The molecule has 1 aromatic rings. The van der Waals surface area contributed by atoms with Crippen LogP contribution in [0.25, 0.3) is 5.57 Å². The summed E-state index contributed by atoms with van der Waals surface area (Å²) in [5.74, 6) is 2.71. The molecule has 0 aromatic heterocycles. The van der Waals surface area contributed by atoms with Crippen molar-refractivity contribution < 1.29 is 17.9 Å². The number of fused-ring (bicyclic) bond motifs is 7. The van der Waals surface area contributed by atoms with Crippen molar-refractivity contribution in [2.24, 2.45) is 56.4 Å². The van der Waals surface area contributed by atoms with Crippen LogP contribution in [0.2, 0.25) is 0 Å². The van der Waals surface area contributed by atoms with Gasteiger partial charge in [0.05, 0.1) is 30.2 Å². The van der Waals surface area contributed by atoms with Gasteiger partial charge in [-0.25, -0.2) is 13.2 Å². The Morgan fingerprint density at radius 1 is 0.941 bits per heavy atom. The van der Waals surface area contributed by atoms with Crippen LogP contribution in [0.1, 0.15) is 115 Å². The van der Waals surface area contributed by atoms with Crippen LogP contribution in [0.5, 0.6) is 0 Å². The molecular weight excluding hydrogens is 659 g/mol. The fourth-order valence-electron chi connectivity index (χ4n) is 14.0. The van der Waals surface area contributed by atoms with Crippen LogP contribution in [0.3, 0.4) is 0 Å². The topological polar surface area (TPSA) is 105 Å². The maximum absolute atomic E-state index is 12.2. The number of nitroso groups, excluding NO2 is 1. The van der Waals surface area contributed by atoms with E-state index in [-0.39, 0.29) is 50.7 Å². The van der Waals surface area contributed by atoms with Gasteiger partial charge < -0.3 is 15.0 Å². The first kappa shape index (κ1) is 37.2. The number of carbonyl (C=O) groups excluding carboxylic acids is 1. The van der Waals surface area contributed by atoms with Crippen molar-refractivity contribution >= 4 is 21.4 Å². The van der Waals surface area contributed by atoms with E-state index in [9.17, 15) is 18.1 Å². The Kier molecular flexibility index (Phi) is 9.52. The number of esters is 1. The molecule has 1 aliphatic heterocycles. The lowest BCUT2D eigenvalue weighted by molar-refractivity contribution is -0.220. The van der Waals surface area contributed by atoms with Crippen LogP contribution >= 0.6 is 0 Å². The minimum atomic E-state index is -2.89. The highest BCUT2D eigenvalue weighted by atomic mass is 32.2. The molecule has 51 heavy (non-hydrogen) atoms. The number of nitrogens with zero attached hydrogens (tertiary/aromatic N) is 2. The highest BCUT2D eigenvalue weighted by molar-refractivity contribution is 7.91. The number of hydrogen-bond donors (Lipinski definition) is 1. The number of sulfone groups is 1. The van der Waals surface area contributed by atoms with E-state index in [1.165, 1.54) is 50.4 Å². The molecule has 1 saturated heterocycles. The van der Waals surface area contributed by atoms with Gasteiger partial charge in [-0.15, -0.1) is 0 Å². The number of allylic oxidation sites excluding steroid dienone is 2. The van der Waals surface area contributed by atoms with Gasteiger partial charge in [0.2, 0.25) is 0 Å². The highest BCUT2D eigenvalue weighted by Crippen LogP contribution is 2.76. The summed E-state index contributed by atoms with van der Waals surface area (Å²) < 4.78 is 29.0. The summed E-state index contributed by atoms with van der Waals surface area (Å²) in [5.41, 5.74) is 3.83. The van der Waals surface area contributed by atoms with E-state index in [1.54, 1.807) is 0 Å². The monoisotopic (exact) mass is 721 g/mol. The number of rotatable bonds is 8. The second-order valence-corrected chi connectivity index (χ2v) is 21.2. The zero-order valence-corrected chi connectivity index (χ0v) is 33.1. The smallest absolute Gasteiger partial charge is 0.337 e. The summed E-state index contributed by atoms with van der Waals surface area (Å²) in [6, 6.07) is 7.84. The van der Waals surface area contributed by atoms with Crippen molar-refractivity contribution in [1.29, 1.82) is 0 Å². The number of ether oxygens (including phenoxy) is 1. The zero-order valence-electron chi connectivity index (χ0n) is 32.3. The van der Waals surface area contributed by atoms with Gasteiger partial charge in [0.15, 0.2) is 9.84 Å². The third kappa shape index (κ3) is 5.80. The Labute approximate surface area is 307 Å². The Bertz CT molecular complexity index is 1640. The van der Waals surface area contributed by atoms with Gasteiger partial charge in [-0.2, -0.15) is 4.91 Å². The molecule has 9 heteroatoms. The van der Waals surface area contributed by atoms with Crippen molar-refractivity contribution in [2.75, 3.05) is 44.8 Å². The Morgan fingerprint density at radius 3 is 2.31 bits per heavy atom. The summed E-state index contributed by atoms with van der Waals surface area (Å²) in [5, 5.41) is 7.81. The molecule has 1 heterocycles. The molecule has 4 saturated carbocycles. The SMILES string of the molecule is COC(=O)c1ccc(C2=CCC3(C)C(CCC4(C)C3CCC3C5C(C(C)N=O)CCC5(NCCN5CCS(=O)(=O)CC5)CCC34C)C2(C)C)cc1. The summed E-state index contributed by atoms with van der Waals surface area (Å²) >= 11 is 0. The van der Waals surface area contributed by atoms with Gasteiger partial charge in [0.25, 0.3) is 0 Å². The van der Waals surface area contributed by atoms with Crippen LogP contribution in [-0.2, 0) is 14.6 Å². The van der Waals surface area contributed by atoms with E-state index < -0.39 is 9.84 Å². The van der Waals surface area contributed by atoms with E-state index in [0.29, 0.717) is 48.2 Å². The largest absolute Gasteiger partial charge is 0.465 e. The number of methoxy groups -OCH3 is 1. The molecule has 5 fully saturated rings. The zero-order chi connectivity index (χ0) is 36.6. The van der Waals surface area contributed by atoms with Gasteiger partial charge in [-0.3, -0.25) is 0 Å². The van der Waals surface area contributed by atoms with E-state index in [2.05, 4.69) is 75.1 Å². The van der Waals surface area contributed by atoms with Gasteiger partial charge in [-0.05, 0) is 139 Å². The van der Waals surface area contributed by atoms with E-state index >= 15 is 0 Å². The first-order valence-electron chi connectivity index (χ1n) is 19.9. The number of hydrogen-bond acceptors (Lipinski definition) is 8. The van der Waals surface area contributed by atoms with Gasteiger partial charge in [-0.1, -0.05) is 58.0 Å². The lowest BCUT2D eigenvalue weighted by Gasteiger charge is -2.72. The number of benzene rings is 1. The molecule has 0 amide bonds. The van der Waals surface area contributed by atoms with E-state index in [4.69, 9.17) is 4.74 Å². The standard InChI is InChI=1S/C42H63N3O5S/c1-28(44-47)31-14-19-42(43-22-23-45-24-26-51(48,49)27-25-45)21-20-40(5)33(36(31)42)12-13-35-39(4)17-15-32(29-8-10-30(11-9-29)37(46)50-7)38(2,3)34(39)16-18-41(35,40)6/h8-11,15,28,31,33-36,43H,12-14,16-27H2,1-7H3. The van der Waals surface area contributed by atoms with Crippen molar-refractivity contribution in [3.05, 3.63) is 46.4 Å². The second kappa shape index (κ2) is 13.0. The van der Waals surface area contributed by atoms with Crippen molar-refractivity contribution in [1.82, 2.24) is 10.2 Å². The second-order valence-electron chi connectivity index (χ2n) is 18.9. The number of carbonyl (C=O) groups is 1. The quantitative estimate of drug-likeness (QED) is 0.216. The fourth-order valence-corrected chi connectivity index (χ4v) is 15.3. The lowest BCUT2D eigenvalue weighted by Crippen LogP contribution is -2.68. The molecule has 8 nitrogen and oxygen atoms in total. The van der Waals surface area contributed by atoms with E-state index in [0.717, 1.165) is 38.8 Å². The van der Waals surface area contributed by atoms with Gasteiger partial charge >= 0.3 is 5.97 Å². The summed E-state index contributed by atoms with van der Waals surface area (Å²) in [6.45, 7) is 17.9. The average Bonchev–Trinajstić information content (AvgIpc) is 3.48. The van der Waals surface area contributed by atoms with Crippen LogP contribution in [0.4, 0.5) is 0 Å². The first-order valence-corrected chi connectivity index (χ1v) is 21.8. The number of nitrogens with one attached hydrogen (secondary N) is 1. The molecule has 0 bridgehead atoms.